The van der Waals surface area contributed by atoms with Crippen molar-refractivity contribution >= 4 is 69.2 Å². The van der Waals surface area contributed by atoms with Crippen LogP contribution in [0.2, 0.25) is 26.2 Å². The van der Waals surface area contributed by atoms with Gasteiger partial charge in [-0.25, -0.2) is 0 Å². The standard InChI is InChI=1S/C52H40Si2/c1-53(2)47-31-37(33-23-25-36(26-24-33)41-21-11-15-34-13-5-7-17-39(34)41)27-29-45(47)49-43-19-9-10-20-44(43)50-46-30-28-38(32-48(46)54(3,4)52(50)51(49)53)42-22-12-16-35-14-6-8-18-40(35)42/h5-32H,1-4H3. The molecule has 0 aromatic heterocycles. The summed E-state index contributed by atoms with van der Waals surface area (Å²) in [5.41, 5.74) is 13.7. The van der Waals surface area contributed by atoms with Crippen LogP contribution in [0.25, 0.3) is 88.0 Å². The molecule has 0 bridgehead atoms. The SMILES string of the molecule is C[Si]1(C)c2cc(-c3ccc(-c4cccc5ccccc45)cc3)ccc2-c2c1c1c(c3ccccc23)-c2ccc(-c3cccc4ccccc34)cc2[Si]1(C)C. The zero-order valence-electron chi connectivity index (χ0n) is 31.2. The molecule has 0 nitrogen and oxygen atoms in total. The van der Waals surface area contributed by atoms with E-state index in [0.29, 0.717) is 0 Å². The van der Waals surface area contributed by atoms with Gasteiger partial charge in [-0.1, -0.05) is 196 Å². The maximum absolute atomic E-state index is 2.62. The van der Waals surface area contributed by atoms with Gasteiger partial charge in [0.05, 0.1) is 0 Å². The van der Waals surface area contributed by atoms with Crippen molar-refractivity contribution in [3.8, 4) is 55.6 Å². The Morgan fingerprint density at radius 2 is 0.685 bits per heavy atom. The highest BCUT2D eigenvalue weighted by Gasteiger charge is 2.49. The molecule has 2 heteroatoms. The summed E-state index contributed by atoms with van der Waals surface area (Å²) in [5.74, 6) is 0. The number of fused-ring (bicyclic) bond motifs is 12. The van der Waals surface area contributed by atoms with Crippen molar-refractivity contribution in [2.24, 2.45) is 0 Å². The van der Waals surface area contributed by atoms with Crippen LogP contribution < -0.4 is 20.7 Å². The maximum Gasteiger partial charge on any atom is 0.113 e. The molecule has 0 fully saturated rings. The minimum absolute atomic E-state index is 1.26. The van der Waals surface area contributed by atoms with E-state index in [1.54, 1.807) is 20.7 Å². The third-order valence-electron chi connectivity index (χ3n) is 12.8. The highest BCUT2D eigenvalue weighted by molar-refractivity contribution is 7.13. The number of hydrogen-bond donors (Lipinski definition) is 0. The lowest BCUT2D eigenvalue weighted by Gasteiger charge is -2.29. The fraction of sp³-hybridized carbons (Fsp3) is 0.0769. The van der Waals surface area contributed by atoms with E-state index < -0.39 is 16.1 Å². The van der Waals surface area contributed by atoms with Gasteiger partial charge in [0, 0.05) is 0 Å². The summed E-state index contributed by atoms with van der Waals surface area (Å²) in [4.78, 5) is 0. The predicted octanol–water partition coefficient (Wildman–Crippen LogP) is 11.8. The minimum Gasteiger partial charge on any atom is -0.0616 e. The second-order valence-electron chi connectivity index (χ2n) is 16.4. The summed E-state index contributed by atoms with van der Waals surface area (Å²) in [5, 5.41) is 14.6. The molecule has 0 saturated carbocycles. The first kappa shape index (κ1) is 31.7. The van der Waals surface area contributed by atoms with Crippen LogP contribution in [0.4, 0.5) is 0 Å². The Morgan fingerprint density at radius 1 is 0.296 bits per heavy atom. The molecule has 2 aliphatic heterocycles. The zero-order valence-corrected chi connectivity index (χ0v) is 33.2. The lowest BCUT2D eigenvalue weighted by molar-refractivity contribution is 1.61. The van der Waals surface area contributed by atoms with Gasteiger partial charge in [-0.2, -0.15) is 0 Å². The molecule has 0 radical (unpaired) electrons. The van der Waals surface area contributed by atoms with E-state index in [1.807, 2.05) is 0 Å². The summed E-state index contributed by atoms with van der Waals surface area (Å²) in [6.45, 7) is 10.5. The van der Waals surface area contributed by atoms with Gasteiger partial charge in [0.25, 0.3) is 0 Å². The molecule has 256 valence electrons. The Morgan fingerprint density at radius 3 is 1.22 bits per heavy atom. The third kappa shape index (κ3) is 4.35. The average Bonchev–Trinajstić information content (AvgIpc) is 3.59. The van der Waals surface area contributed by atoms with E-state index in [4.69, 9.17) is 0 Å². The molecule has 0 spiro atoms. The Balaban J connectivity index is 1.06. The van der Waals surface area contributed by atoms with Gasteiger partial charge in [-0.15, -0.1) is 0 Å². The number of rotatable bonds is 3. The van der Waals surface area contributed by atoms with Crippen molar-refractivity contribution in [2.45, 2.75) is 26.2 Å². The molecule has 0 atom stereocenters. The smallest absolute Gasteiger partial charge is 0.0616 e. The van der Waals surface area contributed by atoms with Crippen LogP contribution in [0, 0.1) is 0 Å². The molecule has 2 aliphatic rings. The van der Waals surface area contributed by atoms with Gasteiger partial charge in [-0.3, -0.25) is 0 Å². The first-order valence-electron chi connectivity index (χ1n) is 19.3. The molecular formula is C52H40Si2. The van der Waals surface area contributed by atoms with Crippen molar-refractivity contribution in [1.82, 2.24) is 0 Å². The van der Waals surface area contributed by atoms with Gasteiger partial charge in [0.15, 0.2) is 0 Å². The fourth-order valence-electron chi connectivity index (χ4n) is 10.2. The van der Waals surface area contributed by atoms with E-state index in [0.717, 1.165) is 0 Å². The van der Waals surface area contributed by atoms with Crippen LogP contribution in [0.1, 0.15) is 0 Å². The highest BCUT2D eigenvalue weighted by atomic mass is 28.3. The highest BCUT2D eigenvalue weighted by Crippen LogP contribution is 2.43. The van der Waals surface area contributed by atoms with Crippen molar-refractivity contribution in [1.29, 1.82) is 0 Å². The normalized spacial score (nSPS) is 14.6. The molecule has 0 amide bonds. The predicted molar refractivity (Wildman–Crippen MR) is 240 cm³/mol. The lowest BCUT2D eigenvalue weighted by Crippen LogP contribution is -2.63. The van der Waals surface area contributed by atoms with Crippen LogP contribution in [0.5, 0.6) is 0 Å². The van der Waals surface area contributed by atoms with E-state index in [1.165, 1.54) is 88.0 Å². The molecule has 0 saturated heterocycles. The Kier molecular flexibility index (Phi) is 6.66. The second kappa shape index (κ2) is 11.4. The van der Waals surface area contributed by atoms with E-state index in [2.05, 4.69) is 196 Å². The first-order valence-corrected chi connectivity index (χ1v) is 25.3. The molecule has 9 aromatic rings. The summed E-state index contributed by atoms with van der Waals surface area (Å²) in [6.07, 6.45) is 0. The molecular weight excluding hydrogens is 681 g/mol. The van der Waals surface area contributed by atoms with Crippen LogP contribution >= 0.6 is 0 Å². The quantitative estimate of drug-likeness (QED) is 0.159. The number of benzene rings is 9. The third-order valence-corrected chi connectivity index (χ3v) is 20.1. The van der Waals surface area contributed by atoms with Gasteiger partial charge in [-0.05, 0) is 109 Å². The minimum atomic E-state index is -2.12. The van der Waals surface area contributed by atoms with E-state index >= 15 is 0 Å². The Bertz CT molecular complexity index is 3030. The van der Waals surface area contributed by atoms with Gasteiger partial charge >= 0.3 is 0 Å². The van der Waals surface area contributed by atoms with Crippen LogP contribution in [-0.2, 0) is 0 Å². The van der Waals surface area contributed by atoms with Gasteiger partial charge in [0.1, 0.15) is 16.1 Å². The van der Waals surface area contributed by atoms with Gasteiger partial charge < -0.3 is 0 Å². The largest absolute Gasteiger partial charge is 0.113 e. The molecule has 0 unspecified atom stereocenters. The maximum atomic E-state index is 2.62. The van der Waals surface area contributed by atoms with Gasteiger partial charge in [0.2, 0.25) is 0 Å². The van der Waals surface area contributed by atoms with Crippen molar-refractivity contribution in [3.63, 3.8) is 0 Å². The van der Waals surface area contributed by atoms with Crippen molar-refractivity contribution < 1.29 is 0 Å². The summed E-state index contributed by atoms with van der Waals surface area (Å²) < 4.78 is 0. The second-order valence-corrected chi connectivity index (χ2v) is 25.0. The fourth-order valence-corrected chi connectivity index (χ4v) is 18.7. The molecule has 11 rings (SSSR count). The Hall–Kier alpha value is -5.81. The van der Waals surface area contributed by atoms with Crippen LogP contribution in [-0.4, -0.2) is 16.1 Å². The number of hydrogen-bond acceptors (Lipinski definition) is 0. The molecule has 9 aromatic carbocycles. The van der Waals surface area contributed by atoms with E-state index in [-0.39, 0.29) is 0 Å². The average molecular weight is 721 g/mol. The lowest BCUT2D eigenvalue weighted by atomic mass is 9.90. The summed E-state index contributed by atoms with van der Waals surface area (Å²) >= 11 is 0. The summed E-state index contributed by atoms with van der Waals surface area (Å²) in [7, 11) is -4.24. The van der Waals surface area contributed by atoms with E-state index in [9.17, 15) is 0 Å². The zero-order chi connectivity index (χ0) is 36.3. The topological polar surface area (TPSA) is 0 Å². The molecule has 54 heavy (non-hydrogen) atoms. The van der Waals surface area contributed by atoms with Crippen LogP contribution in [0.3, 0.4) is 0 Å². The van der Waals surface area contributed by atoms with Crippen molar-refractivity contribution in [3.05, 3.63) is 170 Å². The van der Waals surface area contributed by atoms with Crippen molar-refractivity contribution in [2.75, 3.05) is 0 Å². The Labute approximate surface area is 319 Å². The summed E-state index contributed by atoms with van der Waals surface area (Å²) in [6, 6.07) is 64.2. The molecule has 0 aliphatic carbocycles. The molecule has 2 heterocycles. The monoisotopic (exact) mass is 720 g/mol. The molecule has 0 N–H and O–H groups in total. The van der Waals surface area contributed by atoms with Crippen LogP contribution in [0.15, 0.2) is 170 Å². The first-order chi connectivity index (χ1) is 26.3.